The molecule has 0 radical (unpaired) electrons. The fourth-order valence-corrected chi connectivity index (χ4v) is 1.68. The van der Waals surface area contributed by atoms with Crippen LogP contribution in [-0.4, -0.2) is 26.5 Å². The number of non-ortho nitro benzene ring substituents is 1. The first-order valence-electron chi connectivity index (χ1n) is 6.18. The molecular formula is C12H14FN5O2. The van der Waals surface area contributed by atoms with Gasteiger partial charge in [0, 0.05) is 18.7 Å². The van der Waals surface area contributed by atoms with E-state index < -0.39 is 10.7 Å². The number of benzene rings is 1. The lowest BCUT2D eigenvalue weighted by atomic mass is 10.2. The van der Waals surface area contributed by atoms with Gasteiger partial charge in [0.1, 0.15) is 11.5 Å². The van der Waals surface area contributed by atoms with Gasteiger partial charge in [-0.25, -0.2) is 9.07 Å². The van der Waals surface area contributed by atoms with E-state index in [2.05, 4.69) is 15.6 Å². The first-order valence-corrected chi connectivity index (χ1v) is 6.18. The summed E-state index contributed by atoms with van der Waals surface area (Å²) in [6, 6.07) is 3.29. The number of rotatable bonds is 6. The molecule has 2 rings (SSSR count). The van der Waals surface area contributed by atoms with Crippen LogP contribution in [0.3, 0.4) is 0 Å². The van der Waals surface area contributed by atoms with E-state index in [-0.39, 0.29) is 11.4 Å². The standard InChI is InChI=1S/C12H14FN5O2/c1-2-5-14-7-9-8-17(16-15-9)12-6-10(18(19)20)3-4-11(12)13/h3-4,6,8,14H,2,5,7H2,1H3. The van der Waals surface area contributed by atoms with E-state index in [9.17, 15) is 14.5 Å². The van der Waals surface area contributed by atoms with Crippen LogP contribution in [0, 0.1) is 15.9 Å². The third-order valence-corrected chi connectivity index (χ3v) is 2.66. The Morgan fingerprint density at radius 1 is 1.50 bits per heavy atom. The average Bonchev–Trinajstić information content (AvgIpc) is 2.88. The summed E-state index contributed by atoms with van der Waals surface area (Å²) in [4.78, 5) is 10.1. The minimum Gasteiger partial charge on any atom is -0.311 e. The molecule has 1 N–H and O–H groups in total. The van der Waals surface area contributed by atoms with Crippen LogP contribution in [0.2, 0.25) is 0 Å². The van der Waals surface area contributed by atoms with Gasteiger partial charge < -0.3 is 5.32 Å². The van der Waals surface area contributed by atoms with Gasteiger partial charge in [-0.15, -0.1) is 5.10 Å². The summed E-state index contributed by atoms with van der Waals surface area (Å²) >= 11 is 0. The smallest absolute Gasteiger partial charge is 0.271 e. The second kappa shape index (κ2) is 6.20. The Morgan fingerprint density at radius 3 is 3.00 bits per heavy atom. The molecule has 0 aliphatic carbocycles. The van der Waals surface area contributed by atoms with Crippen LogP contribution >= 0.6 is 0 Å². The SMILES string of the molecule is CCCNCc1cn(-c2cc([N+](=O)[O-])ccc2F)nn1. The maximum atomic E-state index is 13.7. The number of halogens is 1. The van der Waals surface area contributed by atoms with E-state index >= 15 is 0 Å². The lowest BCUT2D eigenvalue weighted by molar-refractivity contribution is -0.384. The van der Waals surface area contributed by atoms with Gasteiger partial charge in [0.2, 0.25) is 0 Å². The lowest BCUT2D eigenvalue weighted by Crippen LogP contribution is -2.13. The van der Waals surface area contributed by atoms with Gasteiger partial charge in [0.15, 0.2) is 0 Å². The Balaban J connectivity index is 2.23. The van der Waals surface area contributed by atoms with Gasteiger partial charge in [-0.3, -0.25) is 10.1 Å². The van der Waals surface area contributed by atoms with Crippen molar-refractivity contribution in [2.24, 2.45) is 0 Å². The third kappa shape index (κ3) is 3.15. The molecule has 8 heteroatoms. The first kappa shape index (κ1) is 14.1. The Morgan fingerprint density at radius 2 is 2.30 bits per heavy atom. The molecule has 0 fully saturated rings. The van der Waals surface area contributed by atoms with Gasteiger partial charge in [0.25, 0.3) is 5.69 Å². The summed E-state index contributed by atoms with van der Waals surface area (Å²) in [5.74, 6) is -0.589. The number of aromatic nitrogens is 3. The molecule has 0 bridgehead atoms. The van der Waals surface area contributed by atoms with Crippen LogP contribution in [0.15, 0.2) is 24.4 Å². The van der Waals surface area contributed by atoms with Crippen LogP contribution in [0.5, 0.6) is 0 Å². The van der Waals surface area contributed by atoms with Crippen molar-refractivity contribution in [2.45, 2.75) is 19.9 Å². The van der Waals surface area contributed by atoms with Crippen LogP contribution in [0.4, 0.5) is 10.1 Å². The monoisotopic (exact) mass is 279 g/mol. The number of nitrogens with zero attached hydrogens (tertiary/aromatic N) is 4. The molecule has 0 saturated carbocycles. The quantitative estimate of drug-likeness (QED) is 0.495. The van der Waals surface area contributed by atoms with Crippen molar-refractivity contribution in [3.8, 4) is 5.69 Å². The summed E-state index contributed by atoms with van der Waals surface area (Å²) in [5.41, 5.74) is 0.459. The molecule has 0 amide bonds. The Labute approximate surface area is 114 Å². The first-order chi connectivity index (χ1) is 9.61. The number of nitro groups is 1. The van der Waals surface area contributed by atoms with Crippen molar-refractivity contribution in [2.75, 3.05) is 6.54 Å². The van der Waals surface area contributed by atoms with Crippen LogP contribution in [0.25, 0.3) is 5.69 Å². The summed E-state index contributed by atoms with van der Waals surface area (Å²) in [5, 5.41) is 21.5. The summed E-state index contributed by atoms with van der Waals surface area (Å²) in [6.07, 6.45) is 2.54. The molecule has 0 unspecified atom stereocenters. The molecule has 106 valence electrons. The summed E-state index contributed by atoms with van der Waals surface area (Å²) in [6.45, 7) is 3.41. The van der Waals surface area contributed by atoms with Crippen LogP contribution in [-0.2, 0) is 6.54 Å². The second-order valence-corrected chi connectivity index (χ2v) is 4.22. The van der Waals surface area contributed by atoms with Crippen molar-refractivity contribution in [1.29, 1.82) is 0 Å². The highest BCUT2D eigenvalue weighted by atomic mass is 19.1. The molecule has 0 saturated heterocycles. The van der Waals surface area contributed by atoms with E-state index in [4.69, 9.17) is 0 Å². The van der Waals surface area contributed by atoms with Crippen molar-refractivity contribution >= 4 is 5.69 Å². The zero-order valence-electron chi connectivity index (χ0n) is 10.9. The Bertz CT molecular complexity index is 614. The van der Waals surface area contributed by atoms with Gasteiger partial charge in [-0.2, -0.15) is 0 Å². The number of nitro benzene ring substituents is 1. The molecular weight excluding hydrogens is 265 g/mol. The predicted molar refractivity (Wildman–Crippen MR) is 70.0 cm³/mol. The molecule has 20 heavy (non-hydrogen) atoms. The fraction of sp³-hybridized carbons (Fsp3) is 0.333. The molecule has 1 aromatic heterocycles. The highest BCUT2D eigenvalue weighted by molar-refractivity contribution is 5.43. The van der Waals surface area contributed by atoms with Crippen LogP contribution < -0.4 is 5.32 Å². The normalized spacial score (nSPS) is 10.7. The largest absolute Gasteiger partial charge is 0.311 e. The molecule has 7 nitrogen and oxygen atoms in total. The number of hydrogen-bond acceptors (Lipinski definition) is 5. The molecule has 1 heterocycles. The van der Waals surface area contributed by atoms with E-state index in [1.165, 1.54) is 4.68 Å². The molecule has 0 aliphatic rings. The molecule has 0 atom stereocenters. The molecule has 2 aromatic rings. The van der Waals surface area contributed by atoms with Gasteiger partial charge in [-0.1, -0.05) is 12.1 Å². The number of hydrogen-bond donors (Lipinski definition) is 1. The minimum absolute atomic E-state index is 0.00782. The second-order valence-electron chi connectivity index (χ2n) is 4.22. The van der Waals surface area contributed by atoms with E-state index in [1.54, 1.807) is 6.20 Å². The number of nitrogens with one attached hydrogen (secondary N) is 1. The van der Waals surface area contributed by atoms with Gasteiger partial charge in [-0.05, 0) is 19.0 Å². The molecule has 1 aromatic carbocycles. The summed E-state index contributed by atoms with van der Waals surface area (Å²) in [7, 11) is 0. The van der Waals surface area contributed by atoms with Crippen molar-refractivity contribution in [3.05, 3.63) is 46.0 Å². The topological polar surface area (TPSA) is 85.9 Å². The average molecular weight is 279 g/mol. The zero-order chi connectivity index (χ0) is 14.5. The van der Waals surface area contributed by atoms with Gasteiger partial charge >= 0.3 is 0 Å². The van der Waals surface area contributed by atoms with E-state index in [0.29, 0.717) is 12.2 Å². The maximum absolute atomic E-state index is 13.7. The third-order valence-electron chi connectivity index (χ3n) is 2.66. The van der Waals surface area contributed by atoms with Crippen molar-refractivity contribution in [1.82, 2.24) is 20.3 Å². The Hall–Kier alpha value is -2.35. The van der Waals surface area contributed by atoms with E-state index in [1.807, 2.05) is 6.92 Å². The zero-order valence-corrected chi connectivity index (χ0v) is 10.9. The highest BCUT2D eigenvalue weighted by Gasteiger charge is 2.13. The Kier molecular flexibility index (Phi) is 4.36. The minimum atomic E-state index is -0.589. The lowest BCUT2D eigenvalue weighted by Gasteiger charge is -2.01. The van der Waals surface area contributed by atoms with Crippen molar-refractivity contribution in [3.63, 3.8) is 0 Å². The maximum Gasteiger partial charge on any atom is 0.271 e. The summed E-state index contributed by atoms with van der Waals surface area (Å²) < 4.78 is 14.9. The predicted octanol–water partition coefficient (Wildman–Crippen LogP) is 1.81. The highest BCUT2D eigenvalue weighted by Crippen LogP contribution is 2.19. The fourth-order valence-electron chi connectivity index (χ4n) is 1.68. The van der Waals surface area contributed by atoms with Crippen molar-refractivity contribution < 1.29 is 9.31 Å². The van der Waals surface area contributed by atoms with E-state index in [0.717, 1.165) is 31.2 Å². The molecule has 0 aliphatic heterocycles. The van der Waals surface area contributed by atoms with Gasteiger partial charge in [0.05, 0.1) is 16.8 Å². The van der Waals surface area contributed by atoms with Crippen LogP contribution in [0.1, 0.15) is 19.0 Å². The molecule has 0 spiro atoms.